The number of nitrogens with one attached hydrogen (secondary N) is 1. The van der Waals surface area contributed by atoms with Gasteiger partial charge in [-0.05, 0) is 37.1 Å². The SMILES string of the molecule is COc1ccc2[nH]cc(C[C@@H](C)N)c2c1. The molecule has 1 aromatic carbocycles. The molecule has 3 heteroatoms. The van der Waals surface area contributed by atoms with Gasteiger partial charge in [-0.2, -0.15) is 0 Å². The van der Waals surface area contributed by atoms with Crippen LogP contribution in [0.15, 0.2) is 24.4 Å². The van der Waals surface area contributed by atoms with Crippen molar-refractivity contribution in [1.29, 1.82) is 0 Å². The Balaban J connectivity index is 2.46. The van der Waals surface area contributed by atoms with Crippen LogP contribution in [0.5, 0.6) is 5.75 Å². The van der Waals surface area contributed by atoms with E-state index in [-0.39, 0.29) is 6.04 Å². The predicted molar refractivity (Wildman–Crippen MR) is 62.2 cm³/mol. The van der Waals surface area contributed by atoms with E-state index < -0.39 is 0 Å². The standard InChI is InChI=1S/C12H16N2O/c1-8(13)5-9-7-14-12-4-3-10(15-2)6-11(9)12/h3-4,6-8,14H,5,13H2,1-2H3/t8-/m1/s1. The third kappa shape index (κ3) is 1.97. The fraction of sp³-hybridized carbons (Fsp3) is 0.333. The van der Waals surface area contributed by atoms with Gasteiger partial charge in [-0.25, -0.2) is 0 Å². The first-order valence-corrected chi connectivity index (χ1v) is 5.10. The number of fused-ring (bicyclic) bond motifs is 1. The number of rotatable bonds is 3. The summed E-state index contributed by atoms with van der Waals surface area (Å²) in [6.07, 6.45) is 2.90. The molecule has 15 heavy (non-hydrogen) atoms. The quantitative estimate of drug-likeness (QED) is 0.804. The molecule has 0 saturated carbocycles. The summed E-state index contributed by atoms with van der Waals surface area (Å²) in [5.41, 5.74) is 8.18. The highest BCUT2D eigenvalue weighted by atomic mass is 16.5. The first kappa shape index (κ1) is 10.1. The van der Waals surface area contributed by atoms with E-state index >= 15 is 0 Å². The molecule has 3 nitrogen and oxygen atoms in total. The molecule has 0 spiro atoms. The smallest absolute Gasteiger partial charge is 0.119 e. The van der Waals surface area contributed by atoms with Gasteiger partial charge in [-0.15, -0.1) is 0 Å². The van der Waals surface area contributed by atoms with Gasteiger partial charge in [0, 0.05) is 23.1 Å². The molecular weight excluding hydrogens is 188 g/mol. The molecule has 3 N–H and O–H groups in total. The van der Waals surface area contributed by atoms with Crippen LogP contribution in [0.2, 0.25) is 0 Å². The van der Waals surface area contributed by atoms with Crippen molar-refractivity contribution in [1.82, 2.24) is 4.98 Å². The topological polar surface area (TPSA) is 51.0 Å². The van der Waals surface area contributed by atoms with Gasteiger partial charge in [0.2, 0.25) is 0 Å². The molecule has 0 unspecified atom stereocenters. The number of aromatic nitrogens is 1. The predicted octanol–water partition coefficient (Wildman–Crippen LogP) is 2.07. The molecule has 1 atom stereocenters. The lowest BCUT2D eigenvalue weighted by Gasteiger charge is -2.04. The molecule has 1 heterocycles. The average Bonchev–Trinajstić information content (AvgIpc) is 2.60. The number of H-pyrrole nitrogens is 1. The molecule has 0 aliphatic rings. The number of aromatic amines is 1. The molecule has 0 amide bonds. The molecule has 2 aromatic rings. The molecule has 0 bridgehead atoms. The summed E-state index contributed by atoms with van der Waals surface area (Å²) in [4.78, 5) is 3.23. The lowest BCUT2D eigenvalue weighted by Crippen LogP contribution is -2.17. The summed E-state index contributed by atoms with van der Waals surface area (Å²) in [6.45, 7) is 2.01. The molecule has 0 saturated heterocycles. The molecule has 80 valence electrons. The summed E-state index contributed by atoms with van der Waals surface area (Å²) in [7, 11) is 1.68. The second-order valence-electron chi connectivity index (χ2n) is 3.91. The lowest BCUT2D eigenvalue weighted by molar-refractivity contribution is 0.415. The number of hydrogen-bond acceptors (Lipinski definition) is 2. The van der Waals surface area contributed by atoms with Crippen LogP contribution in [0.3, 0.4) is 0 Å². The van der Waals surface area contributed by atoms with Crippen LogP contribution in [0.4, 0.5) is 0 Å². The van der Waals surface area contributed by atoms with E-state index in [4.69, 9.17) is 10.5 Å². The highest BCUT2D eigenvalue weighted by Gasteiger charge is 2.06. The van der Waals surface area contributed by atoms with Crippen molar-refractivity contribution in [3.05, 3.63) is 30.0 Å². The Morgan fingerprint density at radius 3 is 2.93 bits per heavy atom. The largest absolute Gasteiger partial charge is 0.497 e. The van der Waals surface area contributed by atoms with Crippen molar-refractivity contribution in [3.8, 4) is 5.75 Å². The van der Waals surface area contributed by atoms with E-state index in [1.807, 2.05) is 31.3 Å². The van der Waals surface area contributed by atoms with Crippen molar-refractivity contribution in [3.63, 3.8) is 0 Å². The van der Waals surface area contributed by atoms with Crippen LogP contribution in [0.25, 0.3) is 10.9 Å². The second kappa shape index (κ2) is 3.95. The van der Waals surface area contributed by atoms with Crippen molar-refractivity contribution in [2.24, 2.45) is 5.73 Å². The van der Waals surface area contributed by atoms with Gasteiger partial charge in [-0.3, -0.25) is 0 Å². The van der Waals surface area contributed by atoms with E-state index in [1.54, 1.807) is 7.11 Å². The Kier molecular flexibility index (Phi) is 2.64. The van der Waals surface area contributed by atoms with Gasteiger partial charge in [0.15, 0.2) is 0 Å². The zero-order valence-electron chi connectivity index (χ0n) is 9.08. The van der Waals surface area contributed by atoms with Crippen molar-refractivity contribution >= 4 is 10.9 Å². The van der Waals surface area contributed by atoms with Crippen LogP contribution < -0.4 is 10.5 Å². The minimum absolute atomic E-state index is 0.176. The van der Waals surface area contributed by atoms with Crippen LogP contribution >= 0.6 is 0 Å². The van der Waals surface area contributed by atoms with Gasteiger partial charge in [-0.1, -0.05) is 0 Å². The molecule has 0 radical (unpaired) electrons. The molecule has 1 aromatic heterocycles. The number of hydrogen-bond donors (Lipinski definition) is 2. The Bertz CT molecular complexity index is 460. The summed E-state index contributed by atoms with van der Waals surface area (Å²) < 4.78 is 5.21. The first-order valence-electron chi connectivity index (χ1n) is 5.10. The van der Waals surface area contributed by atoms with E-state index in [9.17, 15) is 0 Å². The van der Waals surface area contributed by atoms with Crippen LogP contribution in [0, 0.1) is 0 Å². The number of methoxy groups -OCH3 is 1. The molecular formula is C12H16N2O. The zero-order chi connectivity index (χ0) is 10.8. The molecule has 0 fully saturated rings. The zero-order valence-corrected chi connectivity index (χ0v) is 9.08. The van der Waals surface area contributed by atoms with E-state index in [1.165, 1.54) is 10.9 Å². The van der Waals surface area contributed by atoms with Gasteiger partial charge < -0.3 is 15.5 Å². The highest BCUT2D eigenvalue weighted by molar-refractivity contribution is 5.84. The molecule has 0 aliphatic carbocycles. The van der Waals surface area contributed by atoms with Crippen LogP contribution in [0.1, 0.15) is 12.5 Å². The number of nitrogens with two attached hydrogens (primary N) is 1. The van der Waals surface area contributed by atoms with Crippen molar-refractivity contribution in [2.75, 3.05) is 7.11 Å². The number of ether oxygens (including phenoxy) is 1. The summed E-state index contributed by atoms with van der Waals surface area (Å²) in [5, 5.41) is 1.20. The normalized spacial score (nSPS) is 13.0. The number of benzene rings is 1. The van der Waals surface area contributed by atoms with E-state index in [2.05, 4.69) is 4.98 Å². The first-order chi connectivity index (χ1) is 7.20. The van der Waals surface area contributed by atoms with Gasteiger partial charge >= 0.3 is 0 Å². The Hall–Kier alpha value is -1.48. The lowest BCUT2D eigenvalue weighted by atomic mass is 10.1. The van der Waals surface area contributed by atoms with Crippen LogP contribution in [-0.2, 0) is 6.42 Å². The maximum Gasteiger partial charge on any atom is 0.119 e. The Morgan fingerprint density at radius 2 is 2.27 bits per heavy atom. The second-order valence-corrected chi connectivity index (χ2v) is 3.91. The van der Waals surface area contributed by atoms with E-state index in [0.29, 0.717) is 0 Å². The monoisotopic (exact) mass is 204 g/mol. The van der Waals surface area contributed by atoms with Crippen molar-refractivity contribution in [2.45, 2.75) is 19.4 Å². The fourth-order valence-electron chi connectivity index (χ4n) is 1.80. The minimum Gasteiger partial charge on any atom is -0.497 e. The molecule has 0 aliphatic heterocycles. The maximum absolute atomic E-state index is 5.80. The summed E-state index contributed by atoms with van der Waals surface area (Å²) in [5.74, 6) is 0.882. The van der Waals surface area contributed by atoms with Crippen molar-refractivity contribution < 1.29 is 4.74 Å². The Morgan fingerprint density at radius 1 is 1.47 bits per heavy atom. The minimum atomic E-state index is 0.176. The average molecular weight is 204 g/mol. The fourth-order valence-corrected chi connectivity index (χ4v) is 1.80. The van der Waals surface area contributed by atoms with Gasteiger partial charge in [0.1, 0.15) is 5.75 Å². The summed E-state index contributed by atoms with van der Waals surface area (Å²) in [6, 6.07) is 6.20. The summed E-state index contributed by atoms with van der Waals surface area (Å²) >= 11 is 0. The molecule has 2 rings (SSSR count). The highest BCUT2D eigenvalue weighted by Crippen LogP contribution is 2.24. The third-order valence-corrected chi connectivity index (χ3v) is 2.52. The maximum atomic E-state index is 5.80. The Labute approximate surface area is 89.2 Å². The van der Waals surface area contributed by atoms with Gasteiger partial charge in [0.25, 0.3) is 0 Å². The van der Waals surface area contributed by atoms with Crippen LogP contribution in [-0.4, -0.2) is 18.1 Å². The third-order valence-electron chi connectivity index (χ3n) is 2.52. The van der Waals surface area contributed by atoms with E-state index in [0.717, 1.165) is 17.7 Å². The van der Waals surface area contributed by atoms with Gasteiger partial charge in [0.05, 0.1) is 7.11 Å².